The van der Waals surface area contributed by atoms with Gasteiger partial charge >= 0.3 is 19.5 Å². The molecule has 0 saturated carbocycles. The molecule has 0 aliphatic rings. The van der Waals surface area contributed by atoms with Crippen LogP contribution in [0.5, 0.6) is 0 Å². The van der Waals surface area contributed by atoms with Gasteiger partial charge in [-0.2, -0.15) is 21.4 Å². The quantitative estimate of drug-likeness (QED) is 0.378. The van der Waals surface area contributed by atoms with E-state index in [0.717, 1.165) is 0 Å². The van der Waals surface area contributed by atoms with E-state index in [9.17, 15) is 0 Å². The average molecular weight is 300 g/mol. The Balaban J connectivity index is -0.0000000720. The van der Waals surface area contributed by atoms with E-state index >= 15 is 0 Å². The molecule has 0 atom stereocenters. The Morgan fingerprint density at radius 3 is 0.778 bits per heavy atom. The van der Waals surface area contributed by atoms with Crippen molar-refractivity contribution in [1.82, 2.24) is 0 Å². The monoisotopic (exact) mass is 300 g/mol. The van der Waals surface area contributed by atoms with Crippen molar-refractivity contribution in [3.8, 4) is 0 Å². The van der Waals surface area contributed by atoms with Crippen LogP contribution < -0.4 is 0 Å². The van der Waals surface area contributed by atoms with Crippen LogP contribution in [0.3, 0.4) is 0 Å². The first-order valence-corrected chi connectivity index (χ1v) is 4.78. The summed E-state index contributed by atoms with van der Waals surface area (Å²) in [5.41, 5.74) is 0. The number of halogens is 2. The molecule has 0 aliphatic heterocycles. The third-order valence-corrected chi connectivity index (χ3v) is 0. The summed E-state index contributed by atoms with van der Waals surface area (Å²) in [4.78, 5) is 0. The molecule has 0 rings (SSSR count). The maximum atomic E-state index is 8.77. The van der Waals surface area contributed by atoms with Gasteiger partial charge in [0.25, 0.3) is 0 Å². The fourth-order valence-corrected chi connectivity index (χ4v) is 0. The molecule has 0 saturated heterocycles. The Bertz CT molecular complexity index is 133. The minimum absolute atomic E-state index is 0. The molecular weight excluding hydrogens is 300 g/mol. The second-order valence-corrected chi connectivity index (χ2v) is 2.68. The van der Waals surface area contributed by atoms with Gasteiger partial charge < -0.3 is 16.8 Å². The molecule has 0 heterocycles. The predicted molar refractivity (Wildman–Crippen MR) is 29.2 cm³/mol. The Labute approximate surface area is 77.2 Å². The van der Waals surface area contributed by atoms with Gasteiger partial charge in [-0.3, -0.25) is 0 Å². The van der Waals surface area contributed by atoms with E-state index in [4.69, 9.17) is 16.8 Å². The van der Waals surface area contributed by atoms with Crippen molar-refractivity contribution < 1.29 is 36.3 Å². The molecule has 58 valence electrons. The maximum Gasteiger partial charge on any atom is 2.00 e. The van der Waals surface area contributed by atoms with Gasteiger partial charge in [0, 0.05) is 19.8 Å². The number of rotatable bonds is 0. The Morgan fingerprint density at radius 1 is 0.778 bits per heavy atom. The van der Waals surface area contributed by atoms with Gasteiger partial charge in [-0.15, -0.1) is 0 Å². The summed E-state index contributed by atoms with van der Waals surface area (Å²) in [5.74, 6) is 0. The molecule has 4 nitrogen and oxygen atoms in total. The topological polar surface area (TPSA) is 68.3 Å². The first-order chi connectivity index (χ1) is 3.46. The Morgan fingerprint density at radius 2 is 0.778 bits per heavy atom. The molecule has 9 heavy (non-hydrogen) atoms. The van der Waals surface area contributed by atoms with Crippen LogP contribution in [0.1, 0.15) is 0 Å². The van der Waals surface area contributed by atoms with Crippen molar-refractivity contribution in [2.45, 2.75) is 0 Å². The molecule has 0 aromatic carbocycles. The predicted octanol–water partition coefficient (Wildman–Crippen LogP) is 0.897. The van der Waals surface area contributed by atoms with E-state index in [1.54, 1.807) is 0 Å². The van der Waals surface area contributed by atoms with Crippen LogP contribution in [0.4, 0.5) is 0 Å². The number of hydrogen-bond acceptors (Lipinski definition) is 6. The molecule has 0 unspecified atom stereocenters. The van der Waals surface area contributed by atoms with Crippen molar-refractivity contribution in [2.24, 2.45) is 0 Å². The molecule has 0 spiro atoms. The molecule has 0 aromatic rings. The Hall–Kier alpha value is 1.10. The van der Waals surface area contributed by atoms with E-state index in [2.05, 4.69) is 21.4 Å². The van der Waals surface area contributed by atoms with Crippen molar-refractivity contribution >= 4 is 41.2 Å². The zero-order chi connectivity index (χ0) is 7.15. The first-order valence-electron chi connectivity index (χ1n) is 0.975. The van der Waals surface area contributed by atoms with Gasteiger partial charge in [-0.1, -0.05) is 0 Å². The van der Waals surface area contributed by atoms with Crippen molar-refractivity contribution in [1.29, 1.82) is 0 Å². The van der Waals surface area contributed by atoms with Crippen molar-refractivity contribution in [3.63, 3.8) is 0 Å². The van der Waals surface area contributed by atoms with Gasteiger partial charge in [0.1, 0.15) is 0 Å². The molecule has 0 amide bonds. The van der Waals surface area contributed by atoms with Gasteiger partial charge in [0.05, 0.1) is 0 Å². The molecule has 0 fully saturated rings. The van der Waals surface area contributed by atoms with Gasteiger partial charge in [-0.05, 0) is 0 Å². The summed E-state index contributed by atoms with van der Waals surface area (Å²) in [6.07, 6.45) is 0. The normalized spacial score (nSPS) is 7.56. The van der Waals surface area contributed by atoms with E-state index in [0.29, 0.717) is 0 Å². The van der Waals surface area contributed by atoms with E-state index in [1.165, 1.54) is 0 Å². The third-order valence-electron chi connectivity index (χ3n) is 0. The number of hydrogen-bond donors (Lipinski definition) is 0. The summed E-state index contributed by atoms with van der Waals surface area (Å²) in [5, 5.41) is 0. The molecule has 0 aliphatic carbocycles. The summed E-state index contributed by atoms with van der Waals surface area (Å²) in [6, 6.07) is 0. The van der Waals surface area contributed by atoms with Gasteiger partial charge in [-0.25, -0.2) is 0 Å². The molecule has 0 bridgehead atoms. The zero-order valence-electron chi connectivity index (χ0n) is 3.56. The second kappa shape index (κ2) is 11.8. The van der Waals surface area contributed by atoms with Gasteiger partial charge in [0.15, 0.2) is 0 Å². The fourth-order valence-electron chi connectivity index (χ4n) is 0. The standard InChI is InChI=1S/2ClO2S.Ru/c2*1-4(2)3;/q2*-1;+2. The van der Waals surface area contributed by atoms with Crippen LogP contribution in [-0.4, -0.2) is 0 Å². The Kier molecular flexibility index (Phi) is 21.8. The maximum absolute atomic E-state index is 8.77. The molecule has 0 aromatic heterocycles. The summed E-state index contributed by atoms with van der Waals surface area (Å²) < 4.78 is 35.1. The van der Waals surface area contributed by atoms with Crippen LogP contribution >= 0.6 is 21.4 Å². The second-order valence-electron chi connectivity index (χ2n) is 0.388. The average Bonchev–Trinajstić information content (AvgIpc) is 1.25. The van der Waals surface area contributed by atoms with E-state index in [1.807, 2.05) is 0 Å². The SMILES string of the molecule is O=[S-](=O)Cl.O=[S-](=O)Cl.[Ru+2]. The minimum atomic E-state index is -2.39. The molecule has 9 heteroatoms. The largest absolute Gasteiger partial charge is 2.00 e. The summed E-state index contributed by atoms with van der Waals surface area (Å²) in [7, 11) is 3.60. The van der Waals surface area contributed by atoms with Crippen LogP contribution in [0.15, 0.2) is 0 Å². The third kappa shape index (κ3) is 377. The molecule has 0 radical (unpaired) electrons. The van der Waals surface area contributed by atoms with Gasteiger partial charge in [0.2, 0.25) is 0 Å². The first kappa shape index (κ1) is 16.6. The fraction of sp³-hybridized carbons (Fsp3) is 0. The van der Waals surface area contributed by atoms with Crippen molar-refractivity contribution in [2.75, 3.05) is 0 Å². The van der Waals surface area contributed by atoms with Crippen LogP contribution in [0, 0.1) is 0 Å². The zero-order valence-corrected chi connectivity index (χ0v) is 8.44. The smallest absolute Gasteiger partial charge is 0.409 e. The summed E-state index contributed by atoms with van der Waals surface area (Å²) >= 11 is 0. The van der Waals surface area contributed by atoms with E-state index in [-0.39, 0.29) is 19.5 Å². The summed E-state index contributed by atoms with van der Waals surface area (Å²) in [6.45, 7) is 0. The van der Waals surface area contributed by atoms with Crippen LogP contribution in [0.25, 0.3) is 0 Å². The minimum Gasteiger partial charge on any atom is -0.409 e. The van der Waals surface area contributed by atoms with Crippen LogP contribution in [-0.2, 0) is 56.1 Å². The molecular formula is Cl2O4RuS2. The van der Waals surface area contributed by atoms with Crippen molar-refractivity contribution in [3.05, 3.63) is 0 Å². The molecule has 0 N–H and O–H groups in total. The van der Waals surface area contributed by atoms with E-state index < -0.39 is 19.8 Å². The van der Waals surface area contributed by atoms with Crippen LogP contribution in [0.2, 0.25) is 0 Å².